The molecule has 2 aromatic carbocycles. The van der Waals surface area contributed by atoms with Gasteiger partial charge in [0.15, 0.2) is 0 Å². The molecule has 1 amide bonds. The van der Waals surface area contributed by atoms with Gasteiger partial charge in [-0.25, -0.2) is 13.2 Å². The second-order valence-electron chi connectivity index (χ2n) is 10.3. The Balaban J connectivity index is 1.28. The lowest BCUT2D eigenvalue weighted by molar-refractivity contribution is -0.00110. The summed E-state index contributed by atoms with van der Waals surface area (Å²) in [5, 5.41) is 6.36. The van der Waals surface area contributed by atoms with Crippen LogP contribution in [0.5, 0.6) is 5.75 Å². The van der Waals surface area contributed by atoms with E-state index in [0.29, 0.717) is 11.3 Å². The van der Waals surface area contributed by atoms with Crippen LogP contribution in [0.15, 0.2) is 72.6 Å². The number of nitrogens with zero attached hydrogens (tertiary/aromatic N) is 1. The van der Waals surface area contributed by atoms with Crippen LogP contribution in [-0.2, 0) is 0 Å². The van der Waals surface area contributed by atoms with Gasteiger partial charge in [0, 0.05) is 19.0 Å². The lowest BCUT2D eigenvalue weighted by atomic mass is 9.88. The number of rotatable bonds is 7. The molecule has 1 aliphatic heterocycles. The molecule has 2 aliphatic rings. The highest BCUT2D eigenvalue weighted by atomic mass is 19.3. The molecule has 8 heteroatoms. The standard InChI is InChI=1S/C31H32F3N3O2/c1-20(37-30(38)25-16-28(19-36-18-25)39-27-10-13-31(33,34)17-27)21-2-4-22(5-3-21)29(24-11-14-35-15-12-24)23-6-8-26(32)9-7-23/h2-9,16,18-20,27,35H,10-15,17H2,1H3,(H,37,38)/t20-,27?/m1/s1. The van der Waals surface area contributed by atoms with Gasteiger partial charge in [0.05, 0.1) is 17.8 Å². The monoisotopic (exact) mass is 535 g/mol. The molecule has 1 saturated carbocycles. The number of pyridine rings is 1. The number of aromatic nitrogens is 1. The summed E-state index contributed by atoms with van der Waals surface area (Å²) < 4.78 is 46.3. The van der Waals surface area contributed by atoms with Gasteiger partial charge in [-0.15, -0.1) is 0 Å². The molecule has 1 saturated heterocycles. The van der Waals surface area contributed by atoms with Crippen LogP contribution in [0.25, 0.3) is 5.57 Å². The average Bonchev–Trinajstić information content (AvgIpc) is 3.28. The van der Waals surface area contributed by atoms with E-state index in [1.807, 2.05) is 43.3 Å². The normalized spacial score (nSPS) is 19.4. The maximum absolute atomic E-state index is 13.6. The Morgan fingerprint density at radius 1 is 1.03 bits per heavy atom. The summed E-state index contributed by atoms with van der Waals surface area (Å²) in [6.45, 7) is 3.72. The number of hydrogen-bond donors (Lipinski definition) is 2. The highest BCUT2D eigenvalue weighted by Gasteiger charge is 2.40. The molecular weight excluding hydrogens is 503 g/mol. The van der Waals surface area contributed by atoms with E-state index in [-0.39, 0.29) is 37.0 Å². The first-order chi connectivity index (χ1) is 18.8. The molecule has 1 aliphatic carbocycles. The molecule has 2 atom stereocenters. The van der Waals surface area contributed by atoms with Crippen LogP contribution < -0.4 is 15.4 Å². The predicted molar refractivity (Wildman–Crippen MR) is 144 cm³/mol. The minimum absolute atomic E-state index is 0.193. The van der Waals surface area contributed by atoms with Gasteiger partial charge in [-0.2, -0.15) is 0 Å². The Kier molecular flexibility index (Phi) is 8.02. The van der Waals surface area contributed by atoms with E-state index in [1.54, 1.807) is 0 Å². The molecule has 2 heterocycles. The number of alkyl halides is 2. The zero-order chi connectivity index (χ0) is 27.4. The predicted octanol–water partition coefficient (Wildman–Crippen LogP) is 6.46. The minimum Gasteiger partial charge on any atom is -0.489 e. The summed E-state index contributed by atoms with van der Waals surface area (Å²) in [5.74, 6) is -2.99. The Morgan fingerprint density at radius 3 is 2.33 bits per heavy atom. The maximum atomic E-state index is 13.6. The van der Waals surface area contributed by atoms with Gasteiger partial charge in [0.25, 0.3) is 11.8 Å². The van der Waals surface area contributed by atoms with Crippen molar-refractivity contribution in [3.8, 4) is 5.75 Å². The summed E-state index contributed by atoms with van der Waals surface area (Å²) in [5.41, 5.74) is 5.73. The van der Waals surface area contributed by atoms with E-state index in [4.69, 9.17) is 4.74 Å². The Morgan fingerprint density at radius 2 is 1.69 bits per heavy atom. The molecule has 39 heavy (non-hydrogen) atoms. The van der Waals surface area contributed by atoms with Gasteiger partial charge in [0.2, 0.25) is 0 Å². The van der Waals surface area contributed by atoms with Gasteiger partial charge < -0.3 is 15.4 Å². The molecule has 1 aromatic heterocycles. The van der Waals surface area contributed by atoms with Crippen molar-refractivity contribution in [3.05, 3.63) is 101 Å². The number of halogens is 3. The van der Waals surface area contributed by atoms with Crippen LogP contribution in [0.3, 0.4) is 0 Å². The van der Waals surface area contributed by atoms with E-state index in [1.165, 1.54) is 36.2 Å². The number of nitrogens with one attached hydrogen (secondary N) is 2. The van der Waals surface area contributed by atoms with Crippen LogP contribution in [0.2, 0.25) is 0 Å². The number of ether oxygens (including phenoxy) is 1. The molecule has 0 spiro atoms. The first-order valence-corrected chi connectivity index (χ1v) is 13.4. The molecule has 2 fully saturated rings. The lowest BCUT2D eigenvalue weighted by Crippen LogP contribution is -2.27. The minimum atomic E-state index is -2.71. The van der Waals surface area contributed by atoms with Gasteiger partial charge in [-0.3, -0.25) is 9.78 Å². The molecule has 0 bridgehead atoms. The fourth-order valence-electron chi connectivity index (χ4n) is 5.28. The van der Waals surface area contributed by atoms with Crippen molar-refractivity contribution in [3.63, 3.8) is 0 Å². The molecule has 204 valence electrons. The topological polar surface area (TPSA) is 63.2 Å². The molecule has 5 rings (SSSR count). The number of carbonyl (C=O) groups is 1. The zero-order valence-corrected chi connectivity index (χ0v) is 21.9. The van der Waals surface area contributed by atoms with Crippen molar-refractivity contribution in [2.24, 2.45) is 0 Å². The van der Waals surface area contributed by atoms with Crippen molar-refractivity contribution in [1.29, 1.82) is 0 Å². The summed E-state index contributed by atoms with van der Waals surface area (Å²) in [6.07, 6.45) is 3.90. The molecule has 0 radical (unpaired) electrons. The molecular formula is C31H32F3N3O2. The molecule has 2 N–H and O–H groups in total. The number of carbonyl (C=O) groups excluding carboxylic acids is 1. The van der Waals surface area contributed by atoms with Crippen molar-refractivity contribution in [2.75, 3.05) is 13.1 Å². The van der Waals surface area contributed by atoms with Crippen LogP contribution >= 0.6 is 0 Å². The van der Waals surface area contributed by atoms with Gasteiger partial charge in [-0.1, -0.05) is 42.0 Å². The summed E-state index contributed by atoms with van der Waals surface area (Å²) in [4.78, 5) is 17.0. The van der Waals surface area contributed by atoms with Crippen molar-refractivity contribution in [1.82, 2.24) is 15.6 Å². The zero-order valence-electron chi connectivity index (χ0n) is 21.9. The van der Waals surface area contributed by atoms with E-state index in [0.717, 1.165) is 48.2 Å². The fourth-order valence-corrected chi connectivity index (χ4v) is 5.28. The second kappa shape index (κ2) is 11.6. The largest absolute Gasteiger partial charge is 0.489 e. The van der Waals surface area contributed by atoms with E-state index in [9.17, 15) is 18.0 Å². The third kappa shape index (κ3) is 6.68. The summed E-state index contributed by atoms with van der Waals surface area (Å²) in [7, 11) is 0. The van der Waals surface area contributed by atoms with Crippen LogP contribution in [0, 0.1) is 5.82 Å². The quantitative estimate of drug-likeness (QED) is 0.364. The summed E-state index contributed by atoms with van der Waals surface area (Å²) >= 11 is 0. The van der Waals surface area contributed by atoms with Crippen LogP contribution in [0.4, 0.5) is 13.2 Å². The van der Waals surface area contributed by atoms with Crippen molar-refractivity contribution < 1.29 is 22.7 Å². The molecule has 5 nitrogen and oxygen atoms in total. The maximum Gasteiger partial charge on any atom is 0.253 e. The number of benzene rings is 2. The van der Waals surface area contributed by atoms with E-state index < -0.39 is 12.0 Å². The SMILES string of the molecule is C[C@@H](NC(=O)c1cncc(OC2CCC(F)(F)C2)c1)c1ccc(C(=C2CCNCC2)c2ccc(F)cc2)cc1. The third-order valence-electron chi connectivity index (χ3n) is 7.38. The van der Waals surface area contributed by atoms with E-state index >= 15 is 0 Å². The van der Waals surface area contributed by atoms with Gasteiger partial charge >= 0.3 is 0 Å². The van der Waals surface area contributed by atoms with Gasteiger partial charge in [0.1, 0.15) is 17.7 Å². The van der Waals surface area contributed by atoms with Gasteiger partial charge in [-0.05, 0) is 79.7 Å². The smallest absolute Gasteiger partial charge is 0.253 e. The van der Waals surface area contributed by atoms with E-state index in [2.05, 4.69) is 15.6 Å². The third-order valence-corrected chi connectivity index (χ3v) is 7.38. The number of piperidine rings is 1. The van der Waals surface area contributed by atoms with Crippen molar-refractivity contribution in [2.45, 2.75) is 57.1 Å². The Hall–Kier alpha value is -3.65. The Labute approximate surface area is 226 Å². The number of hydrogen-bond acceptors (Lipinski definition) is 4. The summed E-state index contributed by atoms with van der Waals surface area (Å²) in [6, 6.07) is 15.9. The first kappa shape index (κ1) is 26.9. The second-order valence-corrected chi connectivity index (χ2v) is 10.3. The van der Waals surface area contributed by atoms with Crippen molar-refractivity contribution >= 4 is 11.5 Å². The molecule has 1 unspecified atom stereocenters. The lowest BCUT2D eigenvalue weighted by Gasteiger charge is -2.22. The van der Waals surface area contributed by atoms with Crippen LogP contribution in [0.1, 0.15) is 72.1 Å². The first-order valence-electron chi connectivity index (χ1n) is 13.4. The highest BCUT2D eigenvalue weighted by Crippen LogP contribution is 2.37. The average molecular weight is 536 g/mol. The Bertz CT molecular complexity index is 1330. The fraction of sp³-hybridized carbons (Fsp3) is 0.355. The number of amides is 1. The molecule has 3 aromatic rings. The highest BCUT2D eigenvalue weighted by molar-refractivity contribution is 5.94. The van der Waals surface area contributed by atoms with Crippen LogP contribution in [-0.4, -0.2) is 36.0 Å².